The summed E-state index contributed by atoms with van der Waals surface area (Å²) in [4.78, 5) is 0. The molecule has 0 rings (SSSR count). The lowest BCUT2D eigenvalue weighted by atomic mass is 10.2. The first kappa shape index (κ1) is 11.3. The van der Waals surface area contributed by atoms with Crippen molar-refractivity contribution in [3.63, 3.8) is 0 Å². The predicted molar refractivity (Wildman–Crippen MR) is 53.9 cm³/mol. The lowest BCUT2D eigenvalue weighted by molar-refractivity contribution is 0.668. The van der Waals surface area contributed by atoms with Crippen LogP contribution >= 0.6 is 11.8 Å². The average molecular weight is 176 g/mol. The Labute approximate surface area is 74.1 Å². The fourth-order valence-corrected chi connectivity index (χ4v) is 2.49. The smallest absolute Gasteiger partial charge is 0.0231 e. The van der Waals surface area contributed by atoms with Gasteiger partial charge < -0.3 is 11.5 Å². The van der Waals surface area contributed by atoms with Gasteiger partial charge in [0, 0.05) is 22.6 Å². The minimum atomic E-state index is 0.142. The Morgan fingerprint density at radius 1 is 0.909 bits per heavy atom. The molecular weight excluding hydrogens is 156 g/mol. The Morgan fingerprint density at radius 3 is 1.36 bits per heavy atom. The van der Waals surface area contributed by atoms with Gasteiger partial charge in [0.05, 0.1) is 0 Å². The van der Waals surface area contributed by atoms with Crippen LogP contribution in [0.4, 0.5) is 0 Å². The van der Waals surface area contributed by atoms with E-state index >= 15 is 0 Å². The number of thioether (sulfide) groups is 1. The maximum atomic E-state index is 5.61. The molecule has 0 saturated carbocycles. The van der Waals surface area contributed by atoms with Crippen LogP contribution in [0.25, 0.3) is 0 Å². The van der Waals surface area contributed by atoms with Gasteiger partial charge in [-0.15, -0.1) is 11.8 Å². The molecule has 0 fully saturated rings. The van der Waals surface area contributed by atoms with Crippen molar-refractivity contribution in [2.45, 2.75) is 37.2 Å². The lowest BCUT2D eigenvalue weighted by Gasteiger charge is -2.32. The third-order valence-corrected chi connectivity index (χ3v) is 2.97. The molecule has 0 heterocycles. The monoisotopic (exact) mass is 176 g/mol. The summed E-state index contributed by atoms with van der Waals surface area (Å²) in [5.41, 5.74) is 11.2. The molecule has 0 unspecified atom stereocenters. The third kappa shape index (κ3) is 4.67. The van der Waals surface area contributed by atoms with Gasteiger partial charge in [0.2, 0.25) is 0 Å². The summed E-state index contributed by atoms with van der Waals surface area (Å²) in [6.45, 7) is 9.98. The quantitative estimate of drug-likeness (QED) is 0.676. The molecule has 0 saturated heterocycles. The molecule has 0 spiro atoms. The van der Waals surface area contributed by atoms with Crippen molar-refractivity contribution in [2.75, 3.05) is 13.1 Å². The Bertz CT molecular complexity index is 107. The van der Waals surface area contributed by atoms with Crippen LogP contribution < -0.4 is 11.5 Å². The van der Waals surface area contributed by atoms with E-state index in [1.807, 2.05) is 11.8 Å². The van der Waals surface area contributed by atoms with Crippen LogP contribution in [0.5, 0.6) is 0 Å². The van der Waals surface area contributed by atoms with E-state index in [9.17, 15) is 0 Å². The van der Waals surface area contributed by atoms with Gasteiger partial charge in [-0.3, -0.25) is 0 Å². The first-order chi connectivity index (χ1) is 4.83. The highest BCUT2D eigenvalue weighted by Crippen LogP contribution is 2.34. The average Bonchev–Trinajstić information content (AvgIpc) is 1.86. The molecule has 2 nitrogen and oxygen atoms in total. The van der Waals surface area contributed by atoms with Gasteiger partial charge in [-0.2, -0.15) is 0 Å². The first-order valence-electron chi connectivity index (χ1n) is 3.93. The molecule has 0 aliphatic rings. The molecule has 0 aliphatic heterocycles. The van der Waals surface area contributed by atoms with Gasteiger partial charge >= 0.3 is 0 Å². The van der Waals surface area contributed by atoms with Gasteiger partial charge in [0.25, 0.3) is 0 Å². The van der Waals surface area contributed by atoms with E-state index in [0.717, 1.165) is 0 Å². The van der Waals surface area contributed by atoms with Crippen molar-refractivity contribution in [2.24, 2.45) is 11.5 Å². The largest absolute Gasteiger partial charge is 0.329 e. The van der Waals surface area contributed by atoms with Crippen molar-refractivity contribution < 1.29 is 0 Å². The molecule has 11 heavy (non-hydrogen) atoms. The normalized spacial score (nSPS) is 13.6. The standard InChI is InChI=1S/C8H20N2S/c1-7(2,5-9)11-8(3,4)6-10/h5-6,9-10H2,1-4H3. The third-order valence-electron chi connectivity index (χ3n) is 1.54. The molecule has 0 aliphatic carbocycles. The highest BCUT2D eigenvalue weighted by molar-refractivity contribution is 8.02. The van der Waals surface area contributed by atoms with Crippen LogP contribution in [0, 0.1) is 0 Å². The summed E-state index contributed by atoms with van der Waals surface area (Å²) in [6.07, 6.45) is 0. The van der Waals surface area contributed by atoms with Crippen LogP contribution in [-0.4, -0.2) is 22.6 Å². The Kier molecular flexibility index (Phi) is 3.88. The summed E-state index contributed by atoms with van der Waals surface area (Å²) < 4.78 is 0.283. The Morgan fingerprint density at radius 2 is 1.18 bits per heavy atom. The number of rotatable bonds is 4. The van der Waals surface area contributed by atoms with Crippen LogP contribution in [0.2, 0.25) is 0 Å². The van der Waals surface area contributed by atoms with E-state index in [1.54, 1.807) is 0 Å². The minimum Gasteiger partial charge on any atom is -0.329 e. The van der Waals surface area contributed by atoms with Crippen molar-refractivity contribution in [1.29, 1.82) is 0 Å². The zero-order valence-corrected chi connectivity index (χ0v) is 8.79. The highest BCUT2D eigenvalue weighted by Gasteiger charge is 2.26. The van der Waals surface area contributed by atoms with Crippen molar-refractivity contribution in [3.8, 4) is 0 Å². The van der Waals surface area contributed by atoms with E-state index < -0.39 is 0 Å². The fraction of sp³-hybridized carbons (Fsp3) is 1.00. The van der Waals surface area contributed by atoms with Crippen LogP contribution in [0.15, 0.2) is 0 Å². The van der Waals surface area contributed by atoms with E-state index in [1.165, 1.54) is 0 Å². The summed E-state index contributed by atoms with van der Waals surface area (Å²) in [7, 11) is 0. The van der Waals surface area contributed by atoms with Crippen LogP contribution in [-0.2, 0) is 0 Å². The Balaban J connectivity index is 4.02. The maximum Gasteiger partial charge on any atom is 0.0231 e. The van der Waals surface area contributed by atoms with E-state index in [-0.39, 0.29) is 9.49 Å². The molecular formula is C8H20N2S. The van der Waals surface area contributed by atoms with Crippen molar-refractivity contribution >= 4 is 11.8 Å². The fourth-order valence-electron chi connectivity index (χ4n) is 0.831. The zero-order valence-electron chi connectivity index (χ0n) is 7.98. The highest BCUT2D eigenvalue weighted by atomic mass is 32.2. The molecule has 0 aromatic rings. The number of hydrogen-bond donors (Lipinski definition) is 2. The van der Waals surface area contributed by atoms with Crippen molar-refractivity contribution in [1.82, 2.24) is 0 Å². The van der Waals surface area contributed by atoms with Gasteiger partial charge in [-0.05, 0) is 27.7 Å². The van der Waals surface area contributed by atoms with E-state index in [0.29, 0.717) is 13.1 Å². The predicted octanol–water partition coefficient (Wildman–Crippen LogP) is 1.19. The topological polar surface area (TPSA) is 52.0 Å². The molecule has 0 aromatic heterocycles. The second kappa shape index (κ2) is 3.78. The van der Waals surface area contributed by atoms with Crippen molar-refractivity contribution in [3.05, 3.63) is 0 Å². The maximum absolute atomic E-state index is 5.61. The summed E-state index contributed by atoms with van der Waals surface area (Å²) >= 11 is 1.85. The summed E-state index contributed by atoms with van der Waals surface area (Å²) in [5, 5.41) is 0. The molecule has 0 amide bonds. The zero-order chi connectivity index (χ0) is 9.12. The van der Waals surface area contributed by atoms with Crippen LogP contribution in [0.1, 0.15) is 27.7 Å². The van der Waals surface area contributed by atoms with Gasteiger partial charge in [0.15, 0.2) is 0 Å². The Hall–Kier alpha value is 0.270. The molecule has 0 atom stereocenters. The van der Waals surface area contributed by atoms with Crippen LogP contribution in [0.3, 0.4) is 0 Å². The first-order valence-corrected chi connectivity index (χ1v) is 4.75. The summed E-state index contributed by atoms with van der Waals surface area (Å²) in [6, 6.07) is 0. The van der Waals surface area contributed by atoms with E-state index in [2.05, 4.69) is 27.7 Å². The molecule has 4 N–H and O–H groups in total. The second-order valence-corrected chi connectivity index (χ2v) is 6.44. The van der Waals surface area contributed by atoms with Gasteiger partial charge in [-0.25, -0.2) is 0 Å². The SMILES string of the molecule is CC(C)(CN)SC(C)(C)CN. The molecule has 0 aromatic carbocycles. The molecule has 0 radical (unpaired) electrons. The lowest BCUT2D eigenvalue weighted by Crippen LogP contribution is -2.37. The van der Waals surface area contributed by atoms with E-state index in [4.69, 9.17) is 11.5 Å². The summed E-state index contributed by atoms with van der Waals surface area (Å²) in [5.74, 6) is 0. The number of nitrogens with two attached hydrogens (primary N) is 2. The molecule has 68 valence electrons. The second-order valence-electron chi connectivity index (χ2n) is 4.03. The number of hydrogen-bond acceptors (Lipinski definition) is 3. The minimum absolute atomic E-state index is 0.142. The molecule has 3 heteroatoms. The molecule has 0 bridgehead atoms. The van der Waals surface area contributed by atoms with Gasteiger partial charge in [-0.1, -0.05) is 0 Å². The van der Waals surface area contributed by atoms with Gasteiger partial charge in [0.1, 0.15) is 0 Å².